The minimum absolute atomic E-state index is 0.00482. The minimum Gasteiger partial charge on any atom is -0.340 e. The second-order valence-electron chi connectivity index (χ2n) is 5.37. The first kappa shape index (κ1) is 14.5. The smallest absolute Gasteiger partial charge is 0.287 e. The molecule has 110 valence electrons. The predicted molar refractivity (Wildman–Crippen MR) is 74.4 cm³/mol. The molecule has 1 fully saturated rings. The Labute approximate surface area is 117 Å². The normalized spacial score (nSPS) is 20.8. The molecule has 7 heteroatoms. The number of likely N-dealkylation sites (tertiary alicyclic amines) is 1. The fourth-order valence-electron chi connectivity index (χ4n) is 2.76. The van der Waals surface area contributed by atoms with E-state index in [4.69, 9.17) is 5.73 Å². The Bertz CT molecular complexity index is 524. The summed E-state index contributed by atoms with van der Waals surface area (Å²) < 4.78 is 1.51. The first-order chi connectivity index (χ1) is 9.41. The summed E-state index contributed by atoms with van der Waals surface area (Å²) in [5, 5.41) is 10.8. The van der Waals surface area contributed by atoms with Gasteiger partial charge in [0.2, 0.25) is 0 Å². The van der Waals surface area contributed by atoms with E-state index >= 15 is 0 Å². The maximum Gasteiger partial charge on any atom is 0.287 e. The molecule has 1 aliphatic rings. The van der Waals surface area contributed by atoms with E-state index in [0.29, 0.717) is 12.2 Å². The fourth-order valence-corrected chi connectivity index (χ4v) is 2.76. The Morgan fingerprint density at radius 1 is 1.55 bits per heavy atom. The quantitative estimate of drug-likeness (QED) is 0.666. The van der Waals surface area contributed by atoms with Crippen LogP contribution in [0.3, 0.4) is 0 Å². The highest BCUT2D eigenvalue weighted by atomic mass is 16.6. The zero-order valence-corrected chi connectivity index (χ0v) is 11.8. The highest BCUT2D eigenvalue weighted by Crippen LogP contribution is 2.23. The van der Waals surface area contributed by atoms with Crippen LogP contribution in [0.2, 0.25) is 0 Å². The molecule has 0 bridgehead atoms. The van der Waals surface area contributed by atoms with Gasteiger partial charge < -0.3 is 15.2 Å². The van der Waals surface area contributed by atoms with Crippen molar-refractivity contribution in [3.05, 3.63) is 28.1 Å². The van der Waals surface area contributed by atoms with Crippen molar-refractivity contribution in [3.8, 4) is 0 Å². The van der Waals surface area contributed by atoms with Gasteiger partial charge >= 0.3 is 0 Å². The summed E-state index contributed by atoms with van der Waals surface area (Å²) in [6.45, 7) is 2.55. The van der Waals surface area contributed by atoms with Gasteiger partial charge in [-0.25, -0.2) is 0 Å². The van der Waals surface area contributed by atoms with Gasteiger partial charge in [0.15, 0.2) is 0 Å². The van der Waals surface area contributed by atoms with Crippen LogP contribution in [-0.4, -0.2) is 38.9 Å². The summed E-state index contributed by atoms with van der Waals surface area (Å²) in [5.74, 6) is -0.178. The molecule has 20 heavy (non-hydrogen) atoms. The Kier molecular flexibility index (Phi) is 4.08. The lowest BCUT2D eigenvalue weighted by atomic mass is 9.96. The fraction of sp³-hybridized carbons (Fsp3) is 0.615. The molecule has 1 amide bonds. The summed E-state index contributed by atoms with van der Waals surface area (Å²) in [6.07, 6.45) is 4.25. The summed E-state index contributed by atoms with van der Waals surface area (Å²) in [4.78, 5) is 24.7. The average Bonchev–Trinajstić information content (AvgIpc) is 2.80. The van der Waals surface area contributed by atoms with E-state index in [1.165, 1.54) is 16.8 Å². The average molecular weight is 280 g/mol. The largest absolute Gasteiger partial charge is 0.340 e. The number of nitro groups is 1. The standard InChI is InChI=1S/C13H20N4O3/c1-9(14)11-5-3-4-6-16(11)13(18)12-7-10(17(19)20)8-15(12)2/h7-9,11H,3-6,14H2,1-2H3. The van der Waals surface area contributed by atoms with E-state index in [1.54, 1.807) is 11.9 Å². The van der Waals surface area contributed by atoms with Crippen molar-refractivity contribution < 1.29 is 9.72 Å². The zero-order chi connectivity index (χ0) is 14.9. The Balaban J connectivity index is 2.27. The molecule has 0 aliphatic carbocycles. The van der Waals surface area contributed by atoms with Crippen LogP contribution in [0.15, 0.2) is 12.3 Å². The molecule has 2 atom stereocenters. The number of nitrogens with zero attached hydrogens (tertiary/aromatic N) is 3. The van der Waals surface area contributed by atoms with Gasteiger partial charge in [0.05, 0.1) is 11.1 Å². The van der Waals surface area contributed by atoms with Crippen LogP contribution >= 0.6 is 0 Å². The van der Waals surface area contributed by atoms with Gasteiger partial charge in [-0.15, -0.1) is 0 Å². The maximum absolute atomic E-state index is 12.6. The molecule has 7 nitrogen and oxygen atoms in total. The topological polar surface area (TPSA) is 94.4 Å². The molecule has 0 spiro atoms. The number of aryl methyl sites for hydroxylation is 1. The van der Waals surface area contributed by atoms with Crippen molar-refractivity contribution in [1.29, 1.82) is 0 Å². The van der Waals surface area contributed by atoms with Crippen molar-refractivity contribution in [2.24, 2.45) is 12.8 Å². The van der Waals surface area contributed by atoms with Gasteiger partial charge in [-0.05, 0) is 26.2 Å². The molecule has 2 unspecified atom stereocenters. The van der Waals surface area contributed by atoms with Crippen molar-refractivity contribution >= 4 is 11.6 Å². The zero-order valence-electron chi connectivity index (χ0n) is 11.8. The third-order valence-electron chi connectivity index (χ3n) is 3.84. The lowest BCUT2D eigenvalue weighted by Gasteiger charge is -2.38. The molecular weight excluding hydrogens is 260 g/mol. The van der Waals surface area contributed by atoms with Gasteiger partial charge in [-0.3, -0.25) is 14.9 Å². The molecule has 0 aromatic carbocycles. The number of nitrogens with two attached hydrogens (primary N) is 1. The van der Waals surface area contributed by atoms with E-state index in [0.717, 1.165) is 19.3 Å². The predicted octanol–water partition coefficient (Wildman–Crippen LogP) is 1.28. The summed E-state index contributed by atoms with van der Waals surface area (Å²) in [5.41, 5.74) is 6.23. The number of piperidine rings is 1. The van der Waals surface area contributed by atoms with Crippen LogP contribution in [0.25, 0.3) is 0 Å². The second-order valence-corrected chi connectivity index (χ2v) is 5.37. The summed E-state index contributed by atoms with van der Waals surface area (Å²) in [7, 11) is 1.64. The molecule has 2 N–H and O–H groups in total. The molecule has 1 aliphatic heterocycles. The number of hydrogen-bond donors (Lipinski definition) is 1. The number of hydrogen-bond acceptors (Lipinski definition) is 4. The van der Waals surface area contributed by atoms with Crippen LogP contribution in [0, 0.1) is 10.1 Å². The van der Waals surface area contributed by atoms with Crippen molar-refractivity contribution in [3.63, 3.8) is 0 Å². The van der Waals surface area contributed by atoms with E-state index in [2.05, 4.69) is 0 Å². The number of rotatable bonds is 3. The van der Waals surface area contributed by atoms with Crippen LogP contribution in [0.1, 0.15) is 36.7 Å². The third kappa shape index (κ3) is 2.67. The summed E-state index contributed by atoms with van der Waals surface area (Å²) >= 11 is 0. The molecule has 1 aromatic rings. The third-order valence-corrected chi connectivity index (χ3v) is 3.84. The number of amides is 1. The maximum atomic E-state index is 12.6. The molecular formula is C13H20N4O3. The van der Waals surface area contributed by atoms with Gasteiger partial charge in [-0.1, -0.05) is 0 Å². The Morgan fingerprint density at radius 2 is 2.25 bits per heavy atom. The highest BCUT2D eigenvalue weighted by molar-refractivity contribution is 5.94. The number of aromatic nitrogens is 1. The highest BCUT2D eigenvalue weighted by Gasteiger charge is 2.31. The molecule has 2 rings (SSSR count). The van der Waals surface area contributed by atoms with Crippen molar-refractivity contribution in [1.82, 2.24) is 9.47 Å². The monoisotopic (exact) mass is 280 g/mol. The number of carbonyl (C=O) groups is 1. The molecule has 0 radical (unpaired) electrons. The van der Waals surface area contributed by atoms with Crippen LogP contribution in [0.4, 0.5) is 5.69 Å². The Morgan fingerprint density at radius 3 is 2.80 bits per heavy atom. The first-order valence-corrected chi connectivity index (χ1v) is 6.79. The van der Waals surface area contributed by atoms with Crippen molar-refractivity contribution in [2.75, 3.05) is 6.54 Å². The molecule has 0 saturated carbocycles. The van der Waals surface area contributed by atoms with E-state index in [1.807, 2.05) is 6.92 Å². The van der Waals surface area contributed by atoms with Gasteiger partial charge in [-0.2, -0.15) is 0 Å². The lowest BCUT2D eigenvalue weighted by molar-refractivity contribution is -0.384. The van der Waals surface area contributed by atoms with Crippen LogP contribution in [0.5, 0.6) is 0 Å². The number of carbonyl (C=O) groups excluding carboxylic acids is 1. The van der Waals surface area contributed by atoms with Crippen LogP contribution in [-0.2, 0) is 7.05 Å². The lowest BCUT2D eigenvalue weighted by Crippen LogP contribution is -2.52. The minimum atomic E-state index is -0.490. The van der Waals surface area contributed by atoms with E-state index < -0.39 is 4.92 Å². The van der Waals surface area contributed by atoms with Gasteiger partial charge in [0.1, 0.15) is 5.69 Å². The van der Waals surface area contributed by atoms with Crippen LogP contribution < -0.4 is 5.73 Å². The van der Waals surface area contributed by atoms with Gasteiger partial charge in [0.25, 0.3) is 11.6 Å². The summed E-state index contributed by atoms with van der Waals surface area (Å²) in [6, 6.07) is 1.23. The molecule has 2 heterocycles. The second kappa shape index (κ2) is 5.62. The first-order valence-electron chi connectivity index (χ1n) is 6.79. The van der Waals surface area contributed by atoms with E-state index in [9.17, 15) is 14.9 Å². The van der Waals surface area contributed by atoms with Crippen molar-refractivity contribution in [2.45, 2.75) is 38.3 Å². The molecule has 1 saturated heterocycles. The SMILES string of the molecule is CC(N)C1CCCCN1C(=O)c1cc([N+](=O)[O-])cn1C. The Hall–Kier alpha value is -1.89. The van der Waals surface area contributed by atoms with Gasteiger partial charge in [0, 0.05) is 31.7 Å². The molecule has 1 aromatic heterocycles. The van der Waals surface area contributed by atoms with E-state index in [-0.39, 0.29) is 23.7 Å².